The van der Waals surface area contributed by atoms with Crippen molar-refractivity contribution in [3.8, 4) is 5.75 Å². The van der Waals surface area contributed by atoms with E-state index < -0.39 is 0 Å². The van der Waals surface area contributed by atoms with Crippen LogP contribution in [0.2, 0.25) is 0 Å². The molecule has 0 aromatic heterocycles. The van der Waals surface area contributed by atoms with Crippen LogP contribution in [0.4, 0.5) is 4.39 Å². The Morgan fingerprint density at radius 3 is 2.86 bits per heavy atom. The molecule has 0 amide bonds. The van der Waals surface area contributed by atoms with E-state index in [1.807, 2.05) is 0 Å². The number of methoxy groups -OCH3 is 1. The van der Waals surface area contributed by atoms with Gasteiger partial charge in [0.15, 0.2) is 18.4 Å². The lowest BCUT2D eigenvalue weighted by Gasteiger charge is -2.10. The maximum Gasteiger partial charge on any atom is 0.188 e. The van der Waals surface area contributed by atoms with Crippen LogP contribution < -0.4 is 10.5 Å². The van der Waals surface area contributed by atoms with Crippen LogP contribution in [-0.2, 0) is 11.2 Å². The van der Waals surface area contributed by atoms with E-state index >= 15 is 0 Å². The van der Waals surface area contributed by atoms with Crippen molar-refractivity contribution in [3.63, 3.8) is 0 Å². The summed E-state index contributed by atoms with van der Waals surface area (Å²) in [5, 5.41) is 0. The van der Waals surface area contributed by atoms with Crippen molar-refractivity contribution in [1.82, 2.24) is 0 Å². The predicted octanol–water partition coefficient (Wildman–Crippen LogP) is 1.31. The summed E-state index contributed by atoms with van der Waals surface area (Å²) in [7, 11) is 1.49. The number of hydrogen-bond donors (Lipinski definition) is 1. The molecule has 4 heteroatoms. The van der Waals surface area contributed by atoms with E-state index in [0.717, 1.165) is 5.56 Å². The van der Waals surface area contributed by atoms with E-state index in [9.17, 15) is 4.39 Å². The lowest BCUT2D eigenvalue weighted by molar-refractivity contribution is 0.0475. The Bertz CT molecular complexity index is 291. The van der Waals surface area contributed by atoms with Gasteiger partial charge in [0, 0.05) is 7.11 Å². The quantitative estimate of drug-likeness (QED) is 0.727. The lowest BCUT2D eigenvalue weighted by atomic mass is 10.1. The number of hydrogen-bond acceptors (Lipinski definition) is 3. The van der Waals surface area contributed by atoms with Crippen molar-refractivity contribution in [2.24, 2.45) is 5.73 Å². The van der Waals surface area contributed by atoms with Crippen LogP contribution in [0.15, 0.2) is 18.2 Å². The van der Waals surface area contributed by atoms with Gasteiger partial charge in [0.1, 0.15) is 0 Å². The van der Waals surface area contributed by atoms with Crippen molar-refractivity contribution >= 4 is 0 Å². The first-order valence-corrected chi connectivity index (χ1v) is 4.38. The minimum atomic E-state index is -0.381. The average Bonchev–Trinajstić information content (AvgIpc) is 2.18. The second kappa shape index (κ2) is 5.57. The van der Waals surface area contributed by atoms with E-state index in [-0.39, 0.29) is 18.4 Å². The van der Waals surface area contributed by atoms with E-state index in [2.05, 4.69) is 0 Å². The van der Waals surface area contributed by atoms with Crippen LogP contribution in [0.1, 0.15) is 5.56 Å². The topological polar surface area (TPSA) is 44.5 Å². The Labute approximate surface area is 82.6 Å². The second-order valence-corrected chi connectivity index (χ2v) is 2.82. The zero-order chi connectivity index (χ0) is 10.4. The monoisotopic (exact) mass is 199 g/mol. The average molecular weight is 199 g/mol. The van der Waals surface area contributed by atoms with E-state index in [1.54, 1.807) is 12.1 Å². The summed E-state index contributed by atoms with van der Waals surface area (Å²) in [6.45, 7) is 0.505. The molecule has 14 heavy (non-hydrogen) atoms. The van der Waals surface area contributed by atoms with Crippen molar-refractivity contribution in [2.75, 3.05) is 20.4 Å². The minimum Gasteiger partial charge on any atom is -0.464 e. The van der Waals surface area contributed by atoms with Gasteiger partial charge in [0.05, 0.1) is 0 Å². The highest BCUT2D eigenvalue weighted by Gasteiger charge is 2.08. The van der Waals surface area contributed by atoms with Crippen LogP contribution in [-0.4, -0.2) is 20.4 Å². The third kappa shape index (κ3) is 2.68. The van der Waals surface area contributed by atoms with Crippen LogP contribution in [0, 0.1) is 5.82 Å². The summed E-state index contributed by atoms with van der Waals surface area (Å²) in [5.74, 6) is -0.146. The summed E-state index contributed by atoms with van der Waals surface area (Å²) in [6.07, 6.45) is 0.594. The molecule has 0 unspecified atom stereocenters. The largest absolute Gasteiger partial charge is 0.464 e. The van der Waals surface area contributed by atoms with Gasteiger partial charge in [-0.1, -0.05) is 12.1 Å². The van der Waals surface area contributed by atoms with Gasteiger partial charge in [-0.2, -0.15) is 0 Å². The molecular formula is C10H14FNO2. The fourth-order valence-corrected chi connectivity index (χ4v) is 1.19. The molecule has 78 valence electrons. The molecule has 0 atom stereocenters. The number of para-hydroxylation sites is 1. The Kier molecular flexibility index (Phi) is 4.35. The summed E-state index contributed by atoms with van der Waals surface area (Å²) >= 11 is 0. The van der Waals surface area contributed by atoms with Crippen LogP contribution in [0.3, 0.4) is 0 Å². The zero-order valence-corrected chi connectivity index (χ0v) is 8.13. The maximum atomic E-state index is 13.3. The minimum absolute atomic E-state index is 0.0402. The van der Waals surface area contributed by atoms with E-state index in [0.29, 0.717) is 13.0 Å². The van der Waals surface area contributed by atoms with Gasteiger partial charge in [-0.25, -0.2) is 4.39 Å². The number of rotatable bonds is 5. The Morgan fingerprint density at radius 2 is 2.21 bits per heavy atom. The Balaban J connectivity index is 2.84. The first-order chi connectivity index (χ1) is 6.79. The molecule has 1 rings (SSSR count). The lowest BCUT2D eigenvalue weighted by Crippen LogP contribution is -2.08. The number of halogens is 1. The van der Waals surface area contributed by atoms with Crippen molar-refractivity contribution in [1.29, 1.82) is 0 Å². The zero-order valence-electron chi connectivity index (χ0n) is 8.13. The fourth-order valence-electron chi connectivity index (χ4n) is 1.19. The molecule has 0 radical (unpaired) electrons. The molecular weight excluding hydrogens is 185 g/mol. The standard InChI is InChI=1S/C10H14FNO2/c1-13-7-14-10-8(5-6-12)3-2-4-9(10)11/h2-4H,5-7,12H2,1H3. The van der Waals surface area contributed by atoms with Gasteiger partial charge in [-0.05, 0) is 24.6 Å². The van der Waals surface area contributed by atoms with Gasteiger partial charge < -0.3 is 15.2 Å². The number of ether oxygens (including phenoxy) is 2. The Hall–Kier alpha value is -1.13. The summed E-state index contributed by atoms with van der Waals surface area (Å²) in [6, 6.07) is 4.78. The van der Waals surface area contributed by atoms with Crippen LogP contribution in [0.25, 0.3) is 0 Å². The van der Waals surface area contributed by atoms with Gasteiger partial charge in [0.25, 0.3) is 0 Å². The highest BCUT2D eigenvalue weighted by molar-refractivity contribution is 5.35. The summed E-state index contributed by atoms with van der Waals surface area (Å²) in [4.78, 5) is 0. The summed E-state index contributed by atoms with van der Waals surface area (Å²) in [5.41, 5.74) is 6.17. The highest BCUT2D eigenvalue weighted by Crippen LogP contribution is 2.22. The maximum absolute atomic E-state index is 13.3. The predicted molar refractivity (Wildman–Crippen MR) is 51.7 cm³/mol. The van der Waals surface area contributed by atoms with Gasteiger partial charge in [-0.3, -0.25) is 0 Å². The molecule has 0 spiro atoms. The molecule has 1 aromatic rings. The number of benzene rings is 1. The summed E-state index contributed by atoms with van der Waals surface area (Å²) < 4.78 is 23.1. The molecule has 0 fully saturated rings. The molecule has 0 aliphatic carbocycles. The molecule has 1 aromatic carbocycles. The van der Waals surface area contributed by atoms with Gasteiger partial charge in [0.2, 0.25) is 0 Å². The SMILES string of the molecule is COCOc1c(F)cccc1CCN. The molecule has 2 N–H and O–H groups in total. The van der Waals surface area contributed by atoms with Crippen molar-refractivity contribution in [2.45, 2.75) is 6.42 Å². The first-order valence-electron chi connectivity index (χ1n) is 4.38. The molecule has 0 aliphatic rings. The van der Waals surface area contributed by atoms with Crippen molar-refractivity contribution < 1.29 is 13.9 Å². The van der Waals surface area contributed by atoms with E-state index in [1.165, 1.54) is 13.2 Å². The first kappa shape index (κ1) is 10.9. The van der Waals surface area contributed by atoms with Gasteiger partial charge in [-0.15, -0.1) is 0 Å². The third-order valence-electron chi connectivity index (χ3n) is 1.78. The highest BCUT2D eigenvalue weighted by atomic mass is 19.1. The molecule has 0 aliphatic heterocycles. The smallest absolute Gasteiger partial charge is 0.188 e. The van der Waals surface area contributed by atoms with E-state index in [4.69, 9.17) is 15.2 Å². The van der Waals surface area contributed by atoms with Crippen LogP contribution in [0.5, 0.6) is 5.75 Å². The molecule has 0 saturated heterocycles. The van der Waals surface area contributed by atoms with Gasteiger partial charge >= 0.3 is 0 Å². The molecule has 3 nitrogen and oxygen atoms in total. The second-order valence-electron chi connectivity index (χ2n) is 2.82. The normalized spacial score (nSPS) is 10.2. The Morgan fingerprint density at radius 1 is 1.43 bits per heavy atom. The molecule has 0 heterocycles. The van der Waals surface area contributed by atoms with Crippen molar-refractivity contribution in [3.05, 3.63) is 29.6 Å². The number of nitrogens with two attached hydrogens (primary N) is 1. The molecule has 0 bridgehead atoms. The van der Waals surface area contributed by atoms with Crippen LogP contribution >= 0.6 is 0 Å². The third-order valence-corrected chi connectivity index (χ3v) is 1.78. The fraction of sp³-hybridized carbons (Fsp3) is 0.400. The molecule has 0 saturated carbocycles.